The topological polar surface area (TPSA) is 50.5 Å². The number of furan rings is 1. The lowest BCUT2D eigenvalue weighted by molar-refractivity contribution is -0.134. The molecule has 0 saturated carbocycles. The lowest BCUT2D eigenvalue weighted by Crippen LogP contribution is -2.35. The van der Waals surface area contributed by atoms with Crippen molar-refractivity contribution >= 4 is 21.6 Å². The van der Waals surface area contributed by atoms with Crippen molar-refractivity contribution in [2.45, 2.75) is 23.9 Å². The number of hydrogen-bond donors (Lipinski definition) is 0. The van der Waals surface area contributed by atoms with Gasteiger partial charge in [-0.1, -0.05) is 0 Å². The van der Waals surface area contributed by atoms with Crippen LogP contribution in [0.4, 0.5) is 13.2 Å². The maximum absolute atomic E-state index is 12.2. The molecule has 0 N–H and O–H groups in total. The van der Waals surface area contributed by atoms with Crippen molar-refractivity contribution in [1.82, 2.24) is 4.31 Å². The highest BCUT2D eigenvalue weighted by molar-refractivity contribution is 7.89. The van der Waals surface area contributed by atoms with Gasteiger partial charge in [0.15, 0.2) is 0 Å². The van der Waals surface area contributed by atoms with Crippen LogP contribution in [0.3, 0.4) is 0 Å². The summed E-state index contributed by atoms with van der Waals surface area (Å²) in [5.74, 6) is 0.145. The molecule has 0 fully saturated rings. The third kappa shape index (κ3) is 3.39. The van der Waals surface area contributed by atoms with Crippen molar-refractivity contribution in [2.24, 2.45) is 0 Å². The molecule has 1 heterocycles. The zero-order valence-corrected chi connectivity index (χ0v) is 11.2. The molecule has 18 heavy (non-hydrogen) atoms. The van der Waals surface area contributed by atoms with Crippen LogP contribution in [0, 0.1) is 6.92 Å². The van der Waals surface area contributed by atoms with Crippen molar-refractivity contribution in [3.05, 3.63) is 17.6 Å². The van der Waals surface area contributed by atoms with Crippen molar-refractivity contribution in [1.29, 1.82) is 0 Å². The molecule has 0 atom stereocenters. The van der Waals surface area contributed by atoms with Crippen LogP contribution in [0.5, 0.6) is 0 Å². The molecule has 0 amide bonds. The molecule has 0 spiro atoms. The lowest BCUT2D eigenvalue weighted by Gasteiger charge is -2.18. The monoisotopic (exact) mass is 305 g/mol. The van der Waals surface area contributed by atoms with E-state index >= 15 is 0 Å². The van der Waals surface area contributed by atoms with Crippen LogP contribution in [0.2, 0.25) is 0 Å². The largest absolute Gasteiger partial charge is 0.464 e. The number of aryl methyl sites for hydroxylation is 1. The normalized spacial score (nSPS) is 13.3. The van der Waals surface area contributed by atoms with Gasteiger partial charge in [0.2, 0.25) is 10.0 Å². The minimum absolute atomic E-state index is 0.0136. The molecule has 0 unspecified atom stereocenters. The van der Waals surface area contributed by atoms with E-state index in [1.165, 1.54) is 6.92 Å². The number of rotatable bonds is 4. The van der Waals surface area contributed by atoms with Crippen LogP contribution in [-0.4, -0.2) is 32.5 Å². The van der Waals surface area contributed by atoms with Crippen LogP contribution < -0.4 is 0 Å². The van der Waals surface area contributed by atoms with E-state index in [0.717, 1.165) is 13.1 Å². The Morgan fingerprint density at radius 3 is 2.39 bits per heavy atom. The average Bonchev–Trinajstić information content (AvgIpc) is 2.57. The Bertz CT molecular complexity index is 524. The summed E-state index contributed by atoms with van der Waals surface area (Å²) in [6, 6.07) is 1.13. The van der Waals surface area contributed by atoms with E-state index in [9.17, 15) is 21.6 Å². The summed E-state index contributed by atoms with van der Waals surface area (Å²) in [6.45, 7) is -0.208. The second-order valence-electron chi connectivity index (χ2n) is 3.64. The Hall–Kier alpha value is -0.730. The molecule has 0 aromatic carbocycles. The van der Waals surface area contributed by atoms with Crippen LogP contribution in [0.25, 0.3) is 0 Å². The summed E-state index contributed by atoms with van der Waals surface area (Å²) in [5.41, 5.74) is 0. The highest BCUT2D eigenvalue weighted by Crippen LogP contribution is 2.26. The highest BCUT2D eigenvalue weighted by Gasteiger charge is 2.36. The van der Waals surface area contributed by atoms with Crippen LogP contribution >= 0.6 is 11.6 Å². The smallest absolute Gasteiger partial charge is 0.402 e. The second-order valence-corrected chi connectivity index (χ2v) is 5.92. The molecule has 0 saturated heterocycles. The van der Waals surface area contributed by atoms with Crippen molar-refractivity contribution in [2.75, 3.05) is 13.6 Å². The van der Waals surface area contributed by atoms with E-state index < -0.39 is 22.7 Å². The number of hydrogen-bond acceptors (Lipinski definition) is 3. The molecule has 0 aliphatic carbocycles. The fourth-order valence-corrected chi connectivity index (χ4v) is 2.82. The number of halogens is 4. The molecule has 1 rings (SSSR count). The maximum Gasteiger partial charge on any atom is 0.402 e. The Balaban J connectivity index is 3.09. The van der Waals surface area contributed by atoms with Gasteiger partial charge in [0.25, 0.3) is 0 Å². The summed E-state index contributed by atoms with van der Waals surface area (Å²) < 4.78 is 65.5. The first-order valence-electron chi connectivity index (χ1n) is 4.76. The molecule has 0 aliphatic heterocycles. The van der Waals surface area contributed by atoms with E-state index in [-0.39, 0.29) is 26.6 Å². The standard InChI is InChI=1S/C9H11ClF3NO3S/c1-6-8(3-7(4-10)17-6)18(15,16)14(2)5-9(11,12)13/h3H,4-5H2,1-2H3. The summed E-state index contributed by atoms with van der Waals surface area (Å²) in [6.07, 6.45) is -4.60. The van der Waals surface area contributed by atoms with Crippen molar-refractivity contribution in [3.8, 4) is 0 Å². The van der Waals surface area contributed by atoms with Crippen molar-refractivity contribution < 1.29 is 26.0 Å². The van der Waals surface area contributed by atoms with E-state index in [2.05, 4.69) is 0 Å². The van der Waals surface area contributed by atoms with Gasteiger partial charge in [-0.3, -0.25) is 0 Å². The number of nitrogens with zero attached hydrogens (tertiary/aromatic N) is 1. The fourth-order valence-electron chi connectivity index (χ4n) is 1.35. The van der Waals surface area contributed by atoms with E-state index in [1.54, 1.807) is 0 Å². The van der Waals surface area contributed by atoms with E-state index in [1.807, 2.05) is 0 Å². The zero-order valence-electron chi connectivity index (χ0n) is 9.58. The summed E-state index contributed by atoms with van der Waals surface area (Å²) in [5, 5.41) is 0. The quantitative estimate of drug-likeness (QED) is 0.803. The van der Waals surface area contributed by atoms with Gasteiger partial charge in [0, 0.05) is 13.1 Å². The molecule has 9 heteroatoms. The Morgan fingerprint density at radius 2 is 2.00 bits per heavy atom. The van der Waals surface area contributed by atoms with Gasteiger partial charge in [0.1, 0.15) is 23.0 Å². The third-order valence-corrected chi connectivity index (χ3v) is 4.32. The first-order chi connectivity index (χ1) is 8.08. The minimum Gasteiger partial charge on any atom is -0.464 e. The SMILES string of the molecule is Cc1oc(CCl)cc1S(=O)(=O)N(C)CC(F)(F)F. The Kier molecular flexibility index (Phi) is 4.34. The molecule has 104 valence electrons. The summed E-state index contributed by atoms with van der Waals surface area (Å²) in [7, 11) is -3.37. The minimum atomic E-state index is -4.60. The number of sulfonamides is 1. The molecular weight excluding hydrogens is 295 g/mol. The predicted molar refractivity (Wildman–Crippen MR) is 58.9 cm³/mol. The van der Waals surface area contributed by atoms with Gasteiger partial charge >= 0.3 is 6.18 Å². The molecule has 0 radical (unpaired) electrons. The van der Waals surface area contributed by atoms with Crippen molar-refractivity contribution in [3.63, 3.8) is 0 Å². The van der Waals surface area contributed by atoms with Crippen LogP contribution in [0.15, 0.2) is 15.4 Å². The molecule has 4 nitrogen and oxygen atoms in total. The van der Waals surface area contributed by atoms with E-state index in [4.69, 9.17) is 16.0 Å². The Labute approximate surface area is 107 Å². The van der Waals surface area contributed by atoms with Gasteiger partial charge in [-0.15, -0.1) is 11.6 Å². The highest BCUT2D eigenvalue weighted by atomic mass is 35.5. The van der Waals surface area contributed by atoms with Gasteiger partial charge in [0.05, 0.1) is 5.88 Å². The molecular formula is C9H11ClF3NO3S. The summed E-state index contributed by atoms with van der Waals surface area (Å²) >= 11 is 5.47. The number of alkyl halides is 4. The molecule has 0 bridgehead atoms. The summed E-state index contributed by atoms with van der Waals surface area (Å²) in [4.78, 5) is -0.301. The van der Waals surface area contributed by atoms with Gasteiger partial charge in [-0.25, -0.2) is 8.42 Å². The average molecular weight is 306 g/mol. The third-order valence-electron chi connectivity index (χ3n) is 2.15. The van der Waals surface area contributed by atoms with Crippen LogP contribution in [0.1, 0.15) is 11.5 Å². The molecule has 0 aliphatic rings. The maximum atomic E-state index is 12.2. The van der Waals surface area contributed by atoms with Crippen LogP contribution in [-0.2, 0) is 15.9 Å². The van der Waals surface area contributed by atoms with Gasteiger partial charge < -0.3 is 4.42 Å². The predicted octanol–water partition coefficient (Wildman–Crippen LogP) is 2.51. The first kappa shape index (κ1) is 15.3. The van der Waals surface area contributed by atoms with E-state index in [0.29, 0.717) is 0 Å². The van der Waals surface area contributed by atoms with Gasteiger partial charge in [-0.05, 0) is 6.92 Å². The second kappa shape index (κ2) is 5.10. The lowest BCUT2D eigenvalue weighted by atomic mass is 10.4. The Morgan fingerprint density at radius 1 is 1.44 bits per heavy atom. The first-order valence-corrected chi connectivity index (χ1v) is 6.73. The zero-order chi connectivity index (χ0) is 14.1. The molecule has 1 aromatic rings. The fraction of sp³-hybridized carbons (Fsp3) is 0.556. The van der Waals surface area contributed by atoms with Gasteiger partial charge in [-0.2, -0.15) is 17.5 Å². The molecule has 1 aromatic heterocycles.